The van der Waals surface area contributed by atoms with E-state index in [9.17, 15) is 14.9 Å². The quantitative estimate of drug-likeness (QED) is 0.606. The summed E-state index contributed by atoms with van der Waals surface area (Å²) in [6.45, 7) is 8.82. The first-order chi connectivity index (χ1) is 12.9. The van der Waals surface area contributed by atoms with E-state index in [0.29, 0.717) is 19.6 Å². The fourth-order valence-electron chi connectivity index (χ4n) is 3.89. The SMILES string of the molecule is CC1CN(CCNc2ccc([N+](=O)[O-])c(C(=O)N3CCCC3)c2)CC(C)O1. The van der Waals surface area contributed by atoms with Crippen LogP contribution in [0, 0.1) is 10.1 Å². The summed E-state index contributed by atoms with van der Waals surface area (Å²) in [7, 11) is 0. The largest absolute Gasteiger partial charge is 0.384 e. The number of hydrogen-bond donors (Lipinski definition) is 1. The lowest BCUT2D eigenvalue weighted by Crippen LogP contribution is -2.46. The number of morpholine rings is 1. The van der Waals surface area contributed by atoms with E-state index in [-0.39, 0.29) is 29.4 Å². The highest BCUT2D eigenvalue weighted by atomic mass is 16.6. The number of anilines is 1. The standard InChI is InChI=1S/C19H28N4O4/c1-14-12-21(13-15(2)27-14)10-7-20-16-5-6-18(23(25)26)17(11-16)19(24)22-8-3-4-9-22/h5-6,11,14-15,20H,3-4,7-10,12-13H2,1-2H3. The highest BCUT2D eigenvalue weighted by Crippen LogP contribution is 2.25. The predicted molar refractivity (Wildman–Crippen MR) is 103 cm³/mol. The molecule has 2 aliphatic rings. The molecule has 148 valence electrons. The molecule has 2 saturated heterocycles. The Kier molecular flexibility index (Phi) is 6.28. The number of ether oxygens (including phenoxy) is 1. The molecule has 2 atom stereocenters. The summed E-state index contributed by atoms with van der Waals surface area (Å²) in [6, 6.07) is 4.71. The van der Waals surface area contributed by atoms with E-state index in [2.05, 4.69) is 24.1 Å². The number of amides is 1. The summed E-state index contributed by atoms with van der Waals surface area (Å²) in [4.78, 5) is 27.6. The van der Waals surface area contributed by atoms with Crippen LogP contribution in [0.3, 0.4) is 0 Å². The number of likely N-dealkylation sites (tertiary alicyclic amines) is 1. The molecular formula is C19H28N4O4. The van der Waals surface area contributed by atoms with Gasteiger partial charge < -0.3 is 15.0 Å². The first-order valence-electron chi connectivity index (χ1n) is 9.63. The van der Waals surface area contributed by atoms with Crippen LogP contribution in [-0.4, -0.2) is 72.1 Å². The summed E-state index contributed by atoms with van der Waals surface area (Å²) in [5.41, 5.74) is 0.770. The Morgan fingerprint density at radius 1 is 1.26 bits per heavy atom. The van der Waals surface area contributed by atoms with Crippen LogP contribution < -0.4 is 5.32 Å². The molecule has 2 heterocycles. The van der Waals surface area contributed by atoms with Gasteiger partial charge in [-0.3, -0.25) is 19.8 Å². The lowest BCUT2D eigenvalue weighted by Gasteiger charge is -2.35. The van der Waals surface area contributed by atoms with Crippen LogP contribution in [0.4, 0.5) is 11.4 Å². The number of nitrogens with zero attached hydrogens (tertiary/aromatic N) is 3. The van der Waals surface area contributed by atoms with Gasteiger partial charge in [-0.25, -0.2) is 0 Å². The van der Waals surface area contributed by atoms with Gasteiger partial charge in [0.25, 0.3) is 11.6 Å². The second-order valence-corrected chi connectivity index (χ2v) is 7.43. The van der Waals surface area contributed by atoms with E-state index in [0.717, 1.165) is 38.2 Å². The number of nitrogens with one attached hydrogen (secondary N) is 1. The predicted octanol–water partition coefficient (Wildman–Crippen LogP) is 2.35. The van der Waals surface area contributed by atoms with Gasteiger partial charge in [0.2, 0.25) is 0 Å². The van der Waals surface area contributed by atoms with Crippen molar-refractivity contribution in [2.75, 3.05) is 44.6 Å². The number of benzene rings is 1. The van der Waals surface area contributed by atoms with Gasteiger partial charge in [-0.05, 0) is 38.8 Å². The van der Waals surface area contributed by atoms with E-state index in [1.165, 1.54) is 6.07 Å². The Hall–Kier alpha value is -2.19. The lowest BCUT2D eigenvalue weighted by atomic mass is 10.1. The van der Waals surface area contributed by atoms with Crippen molar-refractivity contribution in [1.29, 1.82) is 0 Å². The maximum Gasteiger partial charge on any atom is 0.282 e. The van der Waals surface area contributed by atoms with Crippen molar-refractivity contribution in [3.63, 3.8) is 0 Å². The third-order valence-corrected chi connectivity index (χ3v) is 5.07. The number of carbonyl (C=O) groups is 1. The van der Waals surface area contributed by atoms with Crippen molar-refractivity contribution < 1.29 is 14.5 Å². The van der Waals surface area contributed by atoms with Crippen molar-refractivity contribution in [3.8, 4) is 0 Å². The lowest BCUT2D eigenvalue weighted by molar-refractivity contribution is -0.385. The van der Waals surface area contributed by atoms with Crippen LogP contribution in [0.1, 0.15) is 37.0 Å². The van der Waals surface area contributed by atoms with Gasteiger partial charge in [-0.1, -0.05) is 0 Å². The monoisotopic (exact) mass is 376 g/mol. The molecule has 1 N–H and O–H groups in total. The van der Waals surface area contributed by atoms with E-state index in [1.54, 1.807) is 17.0 Å². The molecule has 2 unspecified atom stereocenters. The Morgan fingerprint density at radius 3 is 2.56 bits per heavy atom. The average molecular weight is 376 g/mol. The van der Waals surface area contributed by atoms with Crippen LogP contribution in [0.15, 0.2) is 18.2 Å². The minimum Gasteiger partial charge on any atom is -0.384 e. The van der Waals surface area contributed by atoms with Gasteiger partial charge >= 0.3 is 0 Å². The number of nitro benzene ring substituents is 1. The summed E-state index contributed by atoms with van der Waals surface area (Å²) in [5.74, 6) is -0.251. The first-order valence-corrected chi connectivity index (χ1v) is 9.63. The van der Waals surface area contributed by atoms with Crippen molar-refractivity contribution in [2.45, 2.75) is 38.9 Å². The van der Waals surface area contributed by atoms with Crippen LogP contribution >= 0.6 is 0 Å². The van der Waals surface area contributed by atoms with Crippen molar-refractivity contribution >= 4 is 17.3 Å². The van der Waals surface area contributed by atoms with Crippen LogP contribution in [0.5, 0.6) is 0 Å². The molecule has 0 aromatic heterocycles. The molecule has 2 fully saturated rings. The minimum atomic E-state index is -0.483. The first kappa shape index (κ1) is 19.6. The second-order valence-electron chi connectivity index (χ2n) is 7.43. The smallest absolute Gasteiger partial charge is 0.282 e. The van der Waals surface area contributed by atoms with Crippen molar-refractivity contribution in [1.82, 2.24) is 9.80 Å². The maximum atomic E-state index is 12.7. The number of hydrogen-bond acceptors (Lipinski definition) is 6. The van der Waals surface area contributed by atoms with Gasteiger partial charge in [-0.15, -0.1) is 0 Å². The molecule has 2 aliphatic heterocycles. The fraction of sp³-hybridized carbons (Fsp3) is 0.632. The zero-order valence-electron chi connectivity index (χ0n) is 16.0. The van der Waals surface area contributed by atoms with E-state index >= 15 is 0 Å². The number of carbonyl (C=O) groups excluding carboxylic acids is 1. The molecular weight excluding hydrogens is 348 g/mol. The molecule has 1 aromatic rings. The summed E-state index contributed by atoms with van der Waals surface area (Å²) < 4.78 is 5.74. The van der Waals surface area contributed by atoms with E-state index in [1.807, 2.05) is 0 Å². The molecule has 8 heteroatoms. The van der Waals surface area contributed by atoms with Crippen molar-refractivity contribution in [3.05, 3.63) is 33.9 Å². The molecule has 27 heavy (non-hydrogen) atoms. The molecule has 0 radical (unpaired) electrons. The Bertz CT molecular complexity index is 680. The van der Waals surface area contributed by atoms with Gasteiger partial charge in [-0.2, -0.15) is 0 Å². The Balaban J connectivity index is 1.64. The molecule has 0 saturated carbocycles. The highest BCUT2D eigenvalue weighted by molar-refractivity contribution is 5.99. The Morgan fingerprint density at radius 2 is 1.93 bits per heavy atom. The van der Waals surface area contributed by atoms with Gasteiger partial charge in [0.05, 0.1) is 17.1 Å². The highest BCUT2D eigenvalue weighted by Gasteiger charge is 2.27. The molecule has 0 aliphatic carbocycles. The number of rotatable bonds is 6. The van der Waals surface area contributed by atoms with Crippen LogP contribution in [-0.2, 0) is 4.74 Å². The summed E-state index contributed by atoms with van der Waals surface area (Å²) >= 11 is 0. The zero-order chi connectivity index (χ0) is 19.4. The summed E-state index contributed by atoms with van der Waals surface area (Å²) in [6.07, 6.45) is 2.34. The third-order valence-electron chi connectivity index (χ3n) is 5.07. The minimum absolute atomic E-state index is 0.131. The molecule has 1 aromatic carbocycles. The molecule has 8 nitrogen and oxygen atoms in total. The Labute approximate surface area is 159 Å². The molecule has 0 bridgehead atoms. The van der Waals surface area contributed by atoms with Gasteiger partial charge in [0.15, 0.2) is 0 Å². The van der Waals surface area contributed by atoms with E-state index in [4.69, 9.17) is 4.74 Å². The summed E-state index contributed by atoms with van der Waals surface area (Å²) in [5, 5.41) is 14.6. The zero-order valence-corrected chi connectivity index (χ0v) is 16.0. The average Bonchev–Trinajstić information content (AvgIpc) is 3.14. The topological polar surface area (TPSA) is 87.9 Å². The van der Waals surface area contributed by atoms with Gasteiger partial charge in [0, 0.05) is 51.0 Å². The van der Waals surface area contributed by atoms with Crippen LogP contribution in [0.2, 0.25) is 0 Å². The van der Waals surface area contributed by atoms with Crippen LogP contribution in [0.25, 0.3) is 0 Å². The van der Waals surface area contributed by atoms with Gasteiger partial charge in [0.1, 0.15) is 5.56 Å². The normalized spacial score (nSPS) is 23.4. The maximum absolute atomic E-state index is 12.7. The molecule has 3 rings (SSSR count). The molecule has 1 amide bonds. The van der Waals surface area contributed by atoms with E-state index < -0.39 is 4.92 Å². The second kappa shape index (κ2) is 8.67. The number of nitro groups is 1. The third kappa shape index (κ3) is 4.95. The fourth-order valence-corrected chi connectivity index (χ4v) is 3.89. The van der Waals surface area contributed by atoms with Crippen molar-refractivity contribution in [2.24, 2.45) is 0 Å². The molecule has 0 spiro atoms.